The molecule has 2 atom stereocenters. The van der Waals surface area contributed by atoms with Gasteiger partial charge in [0.2, 0.25) is 5.91 Å². The van der Waals surface area contributed by atoms with E-state index in [9.17, 15) is 19.5 Å². The number of aromatic carboxylic acids is 1. The lowest BCUT2D eigenvalue weighted by Crippen LogP contribution is -2.38. The van der Waals surface area contributed by atoms with Gasteiger partial charge < -0.3 is 15.5 Å². The van der Waals surface area contributed by atoms with Gasteiger partial charge in [0.25, 0.3) is 0 Å². The van der Waals surface area contributed by atoms with Crippen LogP contribution in [-0.4, -0.2) is 33.6 Å². The van der Waals surface area contributed by atoms with Crippen LogP contribution in [-0.2, 0) is 9.59 Å². The van der Waals surface area contributed by atoms with Crippen molar-refractivity contribution in [1.29, 1.82) is 0 Å². The highest BCUT2D eigenvalue weighted by molar-refractivity contribution is 6.01. The van der Waals surface area contributed by atoms with Crippen molar-refractivity contribution in [1.82, 2.24) is 5.32 Å². The number of carbonyl (C=O) groups is 3. The smallest absolute Gasteiger partial charge is 0.335 e. The van der Waals surface area contributed by atoms with Crippen LogP contribution in [0.25, 0.3) is 0 Å². The zero-order chi connectivity index (χ0) is 15.1. The fraction of sp³-hybridized carbons (Fsp3) is 0.357. The van der Waals surface area contributed by atoms with Crippen LogP contribution in [0, 0.1) is 5.92 Å². The first-order valence-corrected chi connectivity index (χ1v) is 6.12. The van der Waals surface area contributed by atoms with Crippen LogP contribution >= 0.6 is 0 Å². The van der Waals surface area contributed by atoms with Crippen LogP contribution < -0.4 is 5.32 Å². The van der Waals surface area contributed by atoms with E-state index in [2.05, 4.69) is 5.32 Å². The first-order chi connectivity index (χ1) is 9.24. The van der Waals surface area contributed by atoms with E-state index in [1.165, 1.54) is 12.1 Å². The monoisotopic (exact) mass is 277 g/mol. The molecule has 1 saturated heterocycles. The zero-order valence-electron chi connectivity index (χ0n) is 11.1. The number of aliphatic carboxylic acids is 1. The topological polar surface area (TPSA) is 104 Å². The first-order valence-electron chi connectivity index (χ1n) is 6.12. The summed E-state index contributed by atoms with van der Waals surface area (Å²) in [6.07, 6.45) is 0. The molecule has 6 heteroatoms. The van der Waals surface area contributed by atoms with Gasteiger partial charge in [0, 0.05) is 11.5 Å². The average molecular weight is 277 g/mol. The summed E-state index contributed by atoms with van der Waals surface area (Å²) in [5, 5.41) is 20.8. The standard InChI is InChI=1S/C14H15NO5/c1-14(2)10(9(13(19)20)11(16)15-14)7-3-5-8(6-4-7)12(17)18/h3-6,9-10H,1-2H3,(H,15,16)(H,17,18)(H,19,20)/t9-,10?/m0/s1. The molecule has 1 fully saturated rings. The van der Waals surface area contributed by atoms with E-state index in [-0.39, 0.29) is 5.56 Å². The maximum atomic E-state index is 11.8. The molecule has 1 unspecified atom stereocenters. The summed E-state index contributed by atoms with van der Waals surface area (Å²) < 4.78 is 0. The predicted octanol–water partition coefficient (Wildman–Crippen LogP) is 1.08. The maximum Gasteiger partial charge on any atom is 0.335 e. The Labute approximate surface area is 115 Å². The van der Waals surface area contributed by atoms with Gasteiger partial charge in [-0.15, -0.1) is 0 Å². The second-order valence-electron chi connectivity index (χ2n) is 5.43. The number of carbonyl (C=O) groups excluding carboxylic acids is 1. The molecule has 1 aromatic carbocycles. The van der Waals surface area contributed by atoms with Gasteiger partial charge in [0.1, 0.15) is 5.92 Å². The molecule has 0 spiro atoms. The zero-order valence-corrected chi connectivity index (χ0v) is 11.1. The van der Waals surface area contributed by atoms with Crippen LogP contribution in [0.1, 0.15) is 35.7 Å². The van der Waals surface area contributed by atoms with Gasteiger partial charge in [-0.05, 0) is 31.5 Å². The van der Waals surface area contributed by atoms with Crippen molar-refractivity contribution in [3.63, 3.8) is 0 Å². The Bertz CT molecular complexity index is 576. The highest BCUT2D eigenvalue weighted by Gasteiger charge is 2.51. The van der Waals surface area contributed by atoms with E-state index in [0.717, 1.165) is 0 Å². The van der Waals surface area contributed by atoms with Crippen LogP contribution in [0.2, 0.25) is 0 Å². The van der Waals surface area contributed by atoms with Crippen LogP contribution in [0.5, 0.6) is 0 Å². The molecule has 1 aliphatic rings. The van der Waals surface area contributed by atoms with Crippen molar-refractivity contribution in [2.45, 2.75) is 25.3 Å². The number of carboxylic acid groups (broad SMARTS) is 2. The second-order valence-corrected chi connectivity index (χ2v) is 5.43. The second kappa shape index (κ2) is 4.63. The Morgan fingerprint density at radius 2 is 1.70 bits per heavy atom. The molecule has 1 heterocycles. The van der Waals surface area contributed by atoms with E-state index in [0.29, 0.717) is 5.56 Å². The van der Waals surface area contributed by atoms with Crippen LogP contribution in [0.15, 0.2) is 24.3 Å². The Kier molecular flexibility index (Phi) is 3.25. The molecule has 0 aromatic heterocycles. The fourth-order valence-electron chi connectivity index (χ4n) is 2.74. The average Bonchev–Trinajstić information content (AvgIpc) is 2.58. The van der Waals surface area contributed by atoms with Gasteiger partial charge in [-0.25, -0.2) is 4.79 Å². The first kappa shape index (κ1) is 14.0. The lowest BCUT2D eigenvalue weighted by molar-refractivity contribution is -0.145. The summed E-state index contributed by atoms with van der Waals surface area (Å²) in [6, 6.07) is 5.95. The van der Waals surface area contributed by atoms with Gasteiger partial charge in [-0.1, -0.05) is 12.1 Å². The maximum absolute atomic E-state index is 11.8. The molecule has 0 bridgehead atoms. The summed E-state index contributed by atoms with van der Waals surface area (Å²) in [5.41, 5.74) is 0.0479. The molecule has 1 amide bonds. The molecule has 2 rings (SSSR count). The van der Waals surface area contributed by atoms with Crippen molar-refractivity contribution in [3.05, 3.63) is 35.4 Å². The van der Waals surface area contributed by atoms with Crippen molar-refractivity contribution in [2.24, 2.45) is 5.92 Å². The minimum atomic E-state index is -1.18. The molecule has 1 aromatic rings. The van der Waals surface area contributed by atoms with E-state index in [4.69, 9.17) is 5.11 Å². The SMILES string of the molecule is CC1(C)NC(=O)[C@@H](C(=O)O)C1c1ccc(C(=O)O)cc1. The van der Waals surface area contributed by atoms with E-state index in [1.54, 1.807) is 26.0 Å². The highest BCUT2D eigenvalue weighted by Crippen LogP contribution is 2.40. The van der Waals surface area contributed by atoms with Gasteiger partial charge in [-0.2, -0.15) is 0 Å². The number of carboxylic acids is 2. The summed E-state index contributed by atoms with van der Waals surface area (Å²) in [7, 11) is 0. The van der Waals surface area contributed by atoms with Crippen molar-refractivity contribution in [3.8, 4) is 0 Å². The fourth-order valence-corrected chi connectivity index (χ4v) is 2.74. The Morgan fingerprint density at radius 1 is 1.15 bits per heavy atom. The summed E-state index contributed by atoms with van der Waals surface area (Å²) >= 11 is 0. The molecule has 20 heavy (non-hydrogen) atoms. The predicted molar refractivity (Wildman–Crippen MR) is 69.5 cm³/mol. The lowest BCUT2D eigenvalue weighted by atomic mass is 9.77. The van der Waals surface area contributed by atoms with Crippen molar-refractivity contribution in [2.75, 3.05) is 0 Å². The summed E-state index contributed by atoms with van der Waals surface area (Å²) in [5.74, 6) is -4.46. The van der Waals surface area contributed by atoms with Gasteiger partial charge >= 0.3 is 11.9 Å². The molecule has 3 N–H and O–H groups in total. The highest BCUT2D eigenvalue weighted by atomic mass is 16.4. The number of amides is 1. The number of hydrogen-bond donors (Lipinski definition) is 3. The number of nitrogens with one attached hydrogen (secondary N) is 1. The van der Waals surface area contributed by atoms with Crippen LogP contribution in [0.3, 0.4) is 0 Å². The molecule has 0 radical (unpaired) electrons. The number of hydrogen-bond acceptors (Lipinski definition) is 3. The van der Waals surface area contributed by atoms with E-state index in [1.807, 2.05) is 0 Å². The van der Waals surface area contributed by atoms with E-state index >= 15 is 0 Å². The van der Waals surface area contributed by atoms with Crippen LogP contribution in [0.4, 0.5) is 0 Å². The largest absolute Gasteiger partial charge is 0.481 e. The minimum absolute atomic E-state index is 0.121. The van der Waals surface area contributed by atoms with Gasteiger partial charge in [0.05, 0.1) is 5.56 Å². The quantitative estimate of drug-likeness (QED) is 0.717. The third-order valence-corrected chi connectivity index (χ3v) is 3.62. The molecule has 6 nitrogen and oxygen atoms in total. The molecular formula is C14H15NO5. The number of benzene rings is 1. The molecule has 1 aliphatic heterocycles. The summed E-state index contributed by atoms with van der Waals surface area (Å²) in [6.45, 7) is 3.51. The molecule has 0 saturated carbocycles. The third-order valence-electron chi connectivity index (χ3n) is 3.62. The molecule has 0 aliphatic carbocycles. The Balaban J connectivity index is 2.44. The normalized spacial score (nSPS) is 24.2. The summed E-state index contributed by atoms with van der Waals surface area (Å²) in [4.78, 5) is 33.9. The molecular weight excluding hydrogens is 262 g/mol. The van der Waals surface area contributed by atoms with Gasteiger partial charge in [-0.3, -0.25) is 9.59 Å². The Morgan fingerprint density at radius 3 is 2.15 bits per heavy atom. The lowest BCUT2D eigenvalue weighted by Gasteiger charge is -2.28. The van der Waals surface area contributed by atoms with Gasteiger partial charge in [0.15, 0.2) is 0 Å². The Hall–Kier alpha value is -2.37. The minimum Gasteiger partial charge on any atom is -0.481 e. The van der Waals surface area contributed by atoms with E-state index < -0.39 is 35.2 Å². The van der Waals surface area contributed by atoms with Crippen molar-refractivity contribution < 1.29 is 24.6 Å². The van der Waals surface area contributed by atoms with Crippen molar-refractivity contribution >= 4 is 17.8 Å². The third kappa shape index (κ3) is 2.24. The molecule has 106 valence electrons. The number of rotatable bonds is 3.